The molecule has 1 aliphatic rings. The molecular formula is C9H15N5O2. The summed E-state index contributed by atoms with van der Waals surface area (Å²) in [6, 6.07) is 0.206. The zero-order valence-electron chi connectivity index (χ0n) is 9.36. The molecule has 0 aliphatic carbocycles. The van der Waals surface area contributed by atoms with Gasteiger partial charge in [0.25, 0.3) is 0 Å². The van der Waals surface area contributed by atoms with Crippen LogP contribution < -0.4 is 15.8 Å². The molecule has 1 aromatic heterocycles. The van der Waals surface area contributed by atoms with Gasteiger partial charge in [-0.25, -0.2) is 0 Å². The number of hydrogen-bond acceptors (Lipinski definition) is 7. The first-order valence-electron chi connectivity index (χ1n) is 5.03. The molecule has 1 atom stereocenters. The average Bonchev–Trinajstić information content (AvgIpc) is 2.63. The van der Waals surface area contributed by atoms with E-state index < -0.39 is 0 Å². The van der Waals surface area contributed by atoms with Gasteiger partial charge < -0.3 is 20.5 Å². The molecule has 2 heterocycles. The van der Waals surface area contributed by atoms with Gasteiger partial charge in [0.05, 0.1) is 19.3 Å². The molecule has 1 saturated heterocycles. The highest BCUT2D eigenvalue weighted by Gasteiger charge is 2.30. The third-order valence-corrected chi connectivity index (χ3v) is 2.45. The largest absolute Gasteiger partial charge is 0.467 e. The van der Waals surface area contributed by atoms with Crippen molar-refractivity contribution >= 4 is 11.9 Å². The summed E-state index contributed by atoms with van der Waals surface area (Å²) < 4.78 is 10.2. The van der Waals surface area contributed by atoms with E-state index >= 15 is 0 Å². The molecular weight excluding hydrogens is 210 g/mol. The minimum atomic E-state index is -0.154. The maximum Gasteiger partial charge on any atom is 0.322 e. The quantitative estimate of drug-likeness (QED) is 0.750. The molecule has 7 heteroatoms. The number of nitrogens with two attached hydrogens (primary N) is 1. The molecule has 1 unspecified atom stereocenters. The van der Waals surface area contributed by atoms with Crippen molar-refractivity contribution < 1.29 is 9.47 Å². The Morgan fingerprint density at radius 3 is 2.88 bits per heavy atom. The molecule has 1 aliphatic heterocycles. The second-order valence-corrected chi connectivity index (χ2v) is 3.99. The molecule has 1 aromatic rings. The van der Waals surface area contributed by atoms with E-state index in [0.717, 1.165) is 13.0 Å². The van der Waals surface area contributed by atoms with Crippen molar-refractivity contribution in [3.8, 4) is 6.01 Å². The lowest BCUT2D eigenvalue weighted by molar-refractivity contribution is 0.185. The molecule has 0 saturated carbocycles. The van der Waals surface area contributed by atoms with Crippen molar-refractivity contribution in [1.29, 1.82) is 0 Å². The molecule has 16 heavy (non-hydrogen) atoms. The Hall–Kier alpha value is -1.63. The van der Waals surface area contributed by atoms with Gasteiger partial charge in [0.2, 0.25) is 11.9 Å². The van der Waals surface area contributed by atoms with E-state index in [4.69, 9.17) is 15.2 Å². The molecule has 0 amide bonds. The van der Waals surface area contributed by atoms with Crippen molar-refractivity contribution in [2.75, 3.05) is 31.4 Å². The molecule has 7 nitrogen and oxygen atoms in total. The number of rotatable bonds is 3. The molecule has 0 spiro atoms. The molecule has 3 N–H and O–H groups in total. The molecule has 88 valence electrons. The summed E-state index contributed by atoms with van der Waals surface area (Å²) in [4.78, 5) is 11.9. The Morgan fingerprint density at radius 2 is 2.25 bits per heavy atom. The predicted molar refractivity (Wildman–Crippen MR) is 58.3 cm³/mol. The fourth-order valence-corrected chi connectivity index (χ4v) is 1.55. The van der Waals surface area contributed by atoms with Gasteiger partial charge in [0.1, 0.15) is 0 Å². The van der Waals surface area contributed by atoms with E-state index in [2.05, 4.69) is 20.3 Å². The number of anilines is 2. The van der Waals surface area contributed by atoms with Crippen molar-refractivity contribution in [3.05, 3.63) is 0 Å². The van der Waals surface area contributed by atoms with Crippen LogP contribution in [0.3, 0.4) is 0 Å². The molecule has 0 bridgehead atoms. The second-order valence-electron chi connectivity index (χ2n) is 3.99. The van der Waals surface area contributed by atoms with Crippen molar-refractivity contribution in [1.82, 2.24) is 15.0 Å². The summed E-state index contributed by atoms with van der Waals surface area (Å²) in [6.45, 7) is 3.41. The normalized spacial score (nSPS) is 24.4. The molecule has 0 radical (unpaired) electrons. The van der Waals surface area contributed by atoms with Gasteiger partial charge in [-0.3, -0.25) is 0 Å². The van der Waals surface area contributed by atoms with Gasteiger partial charge in [0, 0.05) is 6.61 Å². The standard InChI is InChI=1S/C9H15N5O2/c1-9(3-4-16-5-9)14-7-11-6(10)12-8(13-7)15-2/h3-5H2,1-2H3,(H3,10,11,12,13,14). The third-order valence-electron chi connectivity index (χ3n) is 2.45. The fourth-order valence-electron chi connectivity index (χ4n) is 1.55. The van der Waals surface area contributed by atoms with Gasteiger partial charge in [-0.2, -0.15) is 15.0 Å². The zero-order valence-corrected chi connectivity index (χ0v) is 9.36. The van der Waals surface area contributed by atoms with E-state index in [0.29, 0.717) is 12.6 Å². The van der Waals surface area contributed by atoms with Crippen LogP contribution in [0.15, 0.2) is 0 Å². The highest BCUT2D eigenvalue weighted by atomic mass is 16.5. The summed E-state index contributed by atoms with van der Waals surface area (Å²) in [5, 5.41) is 3.19. The number of methoxy groups -OCH3 is 1. The van der Waals surface area contributed by atoms with E-state index in [-0.39, 0.29) is 17.5 Å². The first-order valence-corrected chi connectivity index (χ1v) is 5.03. The lowest BCUT2D eigenvalue weighted by Gasteiger charge is -2.23. The first kappa shape index (κ1) is 10.9. The second kappa shape index (κ2) is 4.09. The van der Waals surface area contributed by atoms with E-state index in [1.165, 1.54) is 7.11 Å². The van der Waals surface area contributed by atoms with E-state index in [1.54, 1.807) is 0 Å². The number of hydrogen-bond donors (Lipinski definition) is 2. The van der Waals surface area contributed by atoms with Crippen LogP contribution in [0.25, 0.3) is 0 Å². The Balaban J connectivity index is 2.17. The van der Waals surface area contributed by atoms with Gasteiger partial charge in [-0.1, -0.05) is 0 Å². The summed E-state index contributed by atoms with van der Waals surface area (Å²) in [5.74, 6) is 0.550. The van der Waals surface area contributed by atoms with Crippen LogP contribution in [0, 0.1) is 0 Å². The van der Waals surface area contributed by atoms with E-state index in [9.17, 15) is 0 Å². The van der Waals surface area contributed by atoms with Crippen LogP contribution in [-0.4, -0.2) is 40.8 Å². The molecule has 0 aromatic carbocycles. The van der Waals surface area contributed by atoms with E-state index in [1.807, 2.05) is 6.92 Å². The highest BCUT2D eigenvalue weighted by Crippen LogP contribution is 2.22. The van der Waals surface area contributed by atoms with Crippen LogP contribution in [0.2, 0.25) is 0 Å². The number of nitrogen functional groups attached to an aromatic ring is 1. The van der Waals surface area contributed by atoms with Crippen LogP contribution in [0.1, 0.15) is 13.3 Å². The lowest BCUT2D eigenvalue weighted by atomic mass is 10.0. The lowest BCUT2D eigenvalue weighted by Crippen LogP contribution is -2.35. The fraction of sp³-hybridized carbons (Fsp3) is 0.667. The minimum Gasteiger partial charge on any atom is -0.467 e. The Morgan fingerprint density at radius 1 is 1.44 bits per heavy atom. The van der Waals surface area contributed by atoms with Gasteiger partial charge in [-0.15, -0.1) is 0 Å². The summed E-state index contributed by atoms with van der Waals surface area (Å²) in [6.07, 6.45) is 0.904. The van der Waals surface area contributed by atoms with Crippen molar-refractivity contribution in [2.24, 2.45) is 0 Å². The van der Waals surface area contributed by atoms with Crippen molar-refractivity contribution in [3.63, 3.8) is 0 Å². The SMILES string of the molecule is COc1nc(N)nc(NC2(C)CCOC2)n1. The first-order chi connectivity index (χ1) is 7.61. The number of nitrogens with zero attached hydrogens (tertiary/aromatic N) is 3. The zero-order chi connectivity index (χ0) is 11.6. The van der Waals surface area contributed by atoms with Crippen LogP contribution in [0.5, 0.6) is 6.01 Å². The maximum absolute atomic E-state index is 5.54. The summed E-state index contributed by atoms with van der Waals surface area (Å²) in [5.41, 5.74) is 5.38. The summed E-state index contributed by atoms with van der Waals surface area (Å²) in [7, 11) is 1.49. The maximum atomic E-state index is 5.54. The smallest absolute Gasteiger partial charge is 0.322 e. The van der Waals surface area contributed by atoms with Crippen LogP contribution in [-0.2, 0) is 4.74 Å². The van der Waals surface area contributed by atoms with Crippen LogP contribution in [0.4, 0.5) is 11.9 Å². The predicted octanol–water partition coefficient (Wildman–Crippen LogP) is 0.0533. The summed E-state index contributed by atoms with van der Waals surface area (Å²) >= 11 is 0. The van der Waals surface area contributed by atoms with Gasteiger partial charge >= 0.3 is 6.01 Å². The molecule has 1 fully saturated rings. The monoisotopic (exact) mass is 225 g/mol. The Labute approximate surface area is 93.4 Å². The third kappa shape index (κ3) is 2.30. The molecule has 2 rings (SSSR count). The Bertz CT molecular complexity index is 378. The van der Waals surface area contributed by atoms with Gasteiger partial charge in [-0.05, 0) is 13.3 Å². The van der Waals surface area contributed by atoms with Crippen molar-refractivity contribution in [2.45, 2.75) is 18.9 Å². The topological polar surface area (TPSA) is 95.2 Å². The minimum absolute atomic E-state index is 0.136. The number of nitrogens with one attached hydrogen (secondary N) is 1. The number of aromatic nitrogens is 3. The van der Waals surface area contributed by atoms with Gasteiger partial charge in [0.15, 0.2) is 0 Å². The average molecular weight is 225 g/mol. The number of ether oxygens (including phenoxy) is 2. The van der Waals surface area contributed by atoms with Crippen LogP contribution >= 0.6 is 0 Å². The highest BCUT2D eigenvalue weighted by molar-refractivity contribution is 5.35. The Kier molecular flexibility index (Phi) is 2.78.